The van der Waals surface area contributed by atoms with Gasteiger partial charge in [0.2, 0.25) is 0 Å². The number of fused-ring (bicyclic) bond motifs is 3. The molecule has 2 aliphatic carbocycles. The highest BCUT2D eigenvalue weighted by Gasteiger charge is 2.44. The van der Waals surface area contributed by atoms with Crippen molar-refractivity contribution in [1.82, 2.24) is 0 Å². The van der Waals surface area contributed by atoms with Crippen molar-refractivity contribution in [3.63, 3.8) is 0 Å². The third-order valence-electron chi connectivity index (χ3n) is 9.92. The van der Waals surface area contributed by atoms with Gasteiger partial charge in [0.15, 0.2) is 12.1 Å². The van der Waals surface area contributed by atoms with Crippen LogP contribution in [0.4, 0.5) is 5.69 Å². The Balaban J connectivity index is 1.58. The zero-order valence-corrected chi connectivity index (χ0v) is 30.7. The second-order valence-corrected chi connectivity index (χ2v) is 14.9. The van der Waals surface area contributed by atoms with Gasteiger partial charge >= 0.3 is 0 Å². The SMILES string of the molecule is C=C/C=C(C(=O)/C(C=O)=C\C1=CC(=C)C(C)(C)C(=NC2=CC=C3c4ccccc4C(C)(C)C3C2)/C(=C\C=C\Nc2ccccc2)S1)\C(C)=C/C. The van der Waals surface area contributed by atoms with Crippen molar-refractivity contribution in [2.75, 3.05) is 5.32 Å². The van der Waals surface area contributed by atoms with Crippen LogP contribution in [0.3, 0.4) is 0 Å². The highest BCUT2D eigenvalue weighted by molar-refractivity contribution is 8.07. The monoisotopic (exact) mass is 678 g/mol. The van der Waals surface area contributed by atoms with Gasteiger partial charge in [0.05, 0.1) is 11.3 Å². The van der Waals surface area contributed by atoms with E-state index in [1.165, 1.54) is 28.5 Å². The average molecular weight is 679 g/mol. The summed E-state index contributed by atoms with van der Waals surface area (Å²) in [6.45, 7) is 20.9. The molecule has 0 bridgehead atoms. The maximum absolute atomic E-state index is 13.6. The number of Topliss-reactive ketones (excluding diaryl/α,β-unsaturated/α-hetero) is 1. The van der Waals surface area contributed by atoms with Gasteiger partial charge in [-0.25, -0.2) is 0 Å². The van der Waals surface area contributed by atoms with E-state index in [0.29, 0.717) is 17.8 Å². The van der Waals surface area contributed by atoms with E-state index in [-0.39, 0.29) is 16.8 Å². The van der Waals surface area contributed by atoms with Gasteiger partial charge in [-0.15, -0.1) is 0 Å². The number of rotatable bonds is 10. The number of ketones is 1. The molecule has 1 unspecified atom stereocenters. The summed E-state index contributed by atoms with van der Waals surface area (Å²) in [5, 5.41) is 3.33. The Morgan fingerprint density at radius 3 is 2.46 bits per heavy atom. The number of anilines is 1. The average Bonchev–Trinajstić information content (AvgIpc) is 3.29. The quantitative estimate of drug-likeness (QED) is 0.0893. The van der Waals surface area contributed by atoms with Crippen molar-refractivity contribution in [2.24, 2.45) is 16.3 Å². The van der Waals surface area contributed by atoms with E-state index in [4.69, 9.17) is 4.99 Å². The van der Waals surface area contributed by atoms with Gasteiger partial charge in [-0.2, -0.15) is 0 Å². The first-order chi connectivity index (χ1) is 23.9. The van der Waals surface area contributed by atoms with Crippen LogP contribution in [-0.2, 0) is 15.0 Å². The molecule has 4 nitrogen and oxygen atoms in total. The van der Waals surface area contributed by atoms with E-state index in [9.17, 15) is 9.59 Å². The second-order valence-electron chi connectivity index (χ2n) is 13.8. The lowest BCUT2D eigenvalue weighted by molar-refractivity contribution is -0.114. The first kappa shape index (κ1) is 36.3. The molecule has 5 heteroatoms. The molecule has 5 rings (SSSR count). The number of carbonyl (C=O) groups excluding carboxylic acids is 2. The fourth-order valence-corrected chi connectivity index (χ4v) is 7.84. The minimum absolute atomic E-state index is 0.0224. The van der Waals surface area contributed by atoms with Crippen LogP contribution in [-0.4, -0.2) is 17.8 Å². The number of hydrogen-bond donors (Lipinski definition) is 1. The lowest BCUT2D eigenvalue weighted by Crippen LogP contribution is -2.27. The Morgan fingerprint density at radius 2 is 1.76 bits per heavy atom. The lowest BCUT2D eigenvalue weighted by atomic mass is 9.74. The summed E-state index contributed by atoms with van der Waals surface area (Å²) in [6, 6.07) is 18.7. The van der Waals surface area contributed by atoms with Crippen molar-refractivity contribution in [3.8, 4) is 0 Å². The number of nitrogens with one attached hydrogen (secondary N) is 1. The number of benzene rings is 2. The summed E-state index contributed by atoms with van der Waals surface area (Å²) in [4.78, 5) is 33.1. The molecule has 3 aliphatic rings. The smallest absolute Gasteiger partial charge is 0.196 e. The molecule has 254 valence electrons. The predicted molar refractivity (Wildman–Crippen MR) is 214 cm³/mol. The second kappa shape index (κ2) is 15.3. The number of aliphatic imine (C=N–C) groups is 1. The maximum Gasteiger partial charge on any atom is 0.196 e. The summed E-state index contributed by atoms with van der Waals surface area (Å²) < 4.78 is 0. The van der Waals surface area contributed by atoms with Gasteiger partial charge in [-0.1, -0.05) is 119 Å². The molecule has 0 fully saturated rings. The van der Waals surface area contributed by atoms with Crippen molar-refractivity contribution < 1.29 is 9.59 Å². The third-order valence-corrected chi connectivity index (χ3v) is 10.9. The van der Waals surface area contributed by atoms with Gasteiger partial charge in [0.25, 0.3) is 0 Å². The van der Waals surface area contributed by atoms with Crippen molar-refractivity contribution in [2.45, 2.75) is 53.4 Å². The first-order valence-electron chi connectivity index (χ1n) is 17.0. The molecule has 0 amide bonds. The van der Waals surface area contributed by atoms with Crippen LogP contribution < -0.4 is 5.32 Å². The fourth-order valence-electron chi connectivity index (χ4n) is 6.65. The van der Waals surface area contributed by atoms with E-state index >= 15 is 0 Å². The summed E-state index contributed by atoms with van der Waals surface area (Å²) >= 11 is 1.48. The Bertz CT molecular complexity index is 2010. The number of nitrogens with zero attached hydrogens (tertiary/aromatic N) is 1. The molecule has 0 spiro atoms. The largest absolute Gasteiger partial charge is 0.362 e. The van der Waals surface area contributed by atoms with E-state index in [0.717, 1.165) is 44.5 Å². The normalized spacial score (nSPS) is 22.0. The number of carbonyl (C=O) groups is 2. The zero-order valence-electron chi connectivity index (χ0n) is 29.9. The minimum atomic E-state index is -0.561. The molecular weight excluding hydrogens is 633 g/mol. The van der Waals surface area contributed by atoms with Gasteiger partial charge in [0.1, 0.15) is 0 Å². The molecule has 2 aromatic rings. The lowest BCUT2D eigenvalue weighted by Gasteiger charge is -2.32. The van der Waals surface area contributed by atoms with Gasteiger partial charge in [-0.3, -0.25) is 14.6 Å². The van der Waals surface area contributed by atoms with Crippen LogP contribution in [0.5, 0.6) is 0 Å². The first-order valence-corrected chi connectivity index (χ1v) is 17.8. The number of hydrogen-bond acceptors (Lipinski definition) is 5. The summed E-state index contributed by atoms with van der Waals surface area (Å²) in [5.74, 6) is -0.0414. The van der Waals surface area contributed by atoms with Crippen LogP contribution in [0.2, 0.25) is 0 Å². The van der Waals surface area contributed by atoms with Crippen molar-refractivity contribution >= 4 is 40.8 Å². The van der Waals surface area contributed by atoms with Gasteiger partial charge < -0.3 is 5.32 Å². The van der Waals surface area contributed by atoms with E-state index in [1.54, 1.807) is 18.2 Å². The summed E-state index contributed by atoms with van der Waals surface area (Å²) in [7, 11) is 0. The van der Waals surface area contributed by atoms with Crippen LogP contribution in [0, 0.1) is 11.3 Å². The number of aldehydes is 1. The molecule has 0 saturated heterocycles. The van der Waals surface area contributed by atoms with Crippen molar-refractivity contribution in [1.29, 1.82) is 0 Å². The summed E-state index contributed by atoms with van der Waals surface area (Å²) in [6.07, 6.45) is 20.4. The maximum atomic E-state index is 13.6. The standard InChI is InChI=1S/C45H46N2O2S/c1-9-17-36(30(3)10-2)42(49)32(29-48)27-35-26-31(4)44(5,6)43(41(50-35)22-16-25-46-33-18-12-11-13-19-33)47-34-23-24-38-37-20-14-15-21-39(37)45(7,8)40(38)28-34/h9-27,29,40,46H,1,4,28H2,2-3,5-8H3/b25-16+,30-10-,32-27-,36-17+,41-22+,47-43?. The molecule has 50 heavy (non-hydrogen) atoms. The van der Waals surface area contributed by atoms with Gasteiger partial charge in [-0.05, 0) is 102 Å². The van der Waals surface area contributed by atoms with Crippen LogP contribution >= 0.6 is 11.8 Å². The molecule has 2 aromatic carbocycles. The molecule has 1 aliphatic heterocycles. The predicted octanol–water partition coefficient (Wildman–Crippen LogP) is 11.2. The Morgan fingerprint density at radius 1 is 1.04 bits per heavy atom. The number of allylic oxidation sites excluding steroid dienone is 16. The zero-order chi connectivity index (χ0) is 36.1. The van der Waals surface area contributed by atoms with E-state index < -0.39 is 5.41 Å². The molecular formula is C45H46N2O2S. The van der Waals surface area contributed by atoms with Crippen LogP contribution in [0.25, 0.3) is 5.57 Å². The van der Waals surface area contributed by atoms with Crippen LogP contribution in [0.15, 0.2) is 171 Å². The van der Waals surface area contributed by atoms with Crippen molar-refractivity contribution in [3.05, 3.63) is 178 Å². The molecule has 1 N–H and O–H groups in total. The topological polar surface area (TPSA) is 58.5 Å². The highest BCUT2D eigenvalue weighted by Crippen LogP contribution is 2.54. The Kier molecular flexibility index (Phi) is 11.1. The molecule has 0 saturated carbocycles. The fraction of sp³-hybridized carbons (Fsp3) is 0.222. The molecule has 0 radical (unpaired) electrons. The van der Waals surface area contributed by atoms with E-state index in [2.05, 4.69) is 82.6 Å². The summed E-state index contributed by atoms with van der Waals surface area (Å²) in [5.41, 5.74) is 8.46. The Labute approximate surface area is 302 Å². The number of thioether (sulfide) groups is 1. The molecule has 1 heterocycles. The Hall–Kier alpha value is -5.00. The third kappa shape index (κ3) is 7.44. The minimum Gasteiger partial charge on any atom is -0.362 e. The van der Waals surface area contributed by atoms with Crippen LogP contribution in [0.1, 0.15) is 59.1 Å². The van der Waals surface area contributed by atoms with E-state index in [1.807, 2.05) is 74.7 Å². The van der Waals surface area contributed by atoms with Gasteiger partial charge in [0, 0.05) is 38.4 Å². The molecule has 0 aromatic heterocycles. The highest BCUT2D eigenvalue weighted by atomic mass is 32.2. The molecule has 1 atom stereocenters. The number of para-hydroxylation sites is 1.